The predicted molar refractivity (Wildman–Crippen MR) is 171 cm³/mol. The Hall–Kier alpha value is -3.77. The first-order chi connectivity index (χ1) is 20.4. The molecule has 1 aliphatic rings. The van der Waals surface area contributed by atoms with Gasteiger partial charge in [-0.2, -0.15) is 0 Å². The number of hydrogen-bond acceptors (Lipinski definition) is 6. The zero-order chi connectivity index (χ0) is 29.5. The van der Waals surface area contributed by atoms with Gasteiger partial charge in [0.15, 0.2) is 0 Å². The van der Waals surface area contributed by atoms with Gasteiger partial charge < -0.3 is 14.5 Å². The van der Waals surface area contributed by atoms with Crippen LogP contribution in [0, 0.1) is 19.8 Å². The average Bonchev–Trinajstić information content (AvgIpc) is 3.51. The fraction of sp³-hybridized carbons (Fsp3) is 0.417. The van der Waals surface area contributed by atoms with Crippen molar-refractivity contribution in [2.45, 2.75) is 72.1 Å². The van der Waals surface area contributed by atoms with Crippen molar-refractivity contribution >= 4 is 11.9 Å². The van der Waals surface area contributed by atoms with E-state index < -0.39 is 0 Å². The lowest BCUT2D eigenvalue weighted by molar-refractivity contribution is 0.380. The highest BCUT2D eigenvalue weighted by Gasteiger charge is 2.21. The molecule has 1 N–H and O–H groups in total. The number of piperidine rings is 1. The predicted octanol–water partition coefficient (Wildman–Crippen LogP) is 7.76. The Kier molecular flexibility index (Phi) is 9.85. The molecule has 0 bridgehead atoms. The average molecular weight is 565 g/mol. The molecule has 0 amide bonds. The second-order valence-electron chi connectivity index (χ2n) is 11.7. The maximum atomic E-state index is 6.07. The molecule has 220 valence electrons. The van der Waals surface area contributed by atoms with Gasteiger partial charge in [0.05, 0.1) is 12.8 Å². The molecule has 2 atom stereocenters. The standard InChI is InChI=1S/C36H44N4O2/c1-6-29-14-10-27(19-26(29)4)11-15-30-16-12-28(20-34(30)41-5)18-24(2)22-38-33-21-31(13-9-25(33)3)35-39-40-36(42-35)32-8-7-17-37-23-32/h9-10,12-14,16,19-22,24,32,37H,6-8,11,15,17-18,23H2,1-5H3/b38-22-. The van der Waals surface area contributed by atoms with Crippen molar-refractivity contribution < 1.29 is 9.15 Å². The second kappa shape index (κ2) is 13.9. The molecule has 2 unspecified atom stereocenters. The van der Waals surface area contributed by atoms with Crippen LogP contribution in [-0.4, -0.2) is 36.6 Å². The van der Waals surface area contributed by atoms with Crippen molar-refractivity contribution in [3.8, 4) is 17.2 Å². The molecule has 6 heteroatoms. The molecule has 1 aromatic heterocycles. The molecule has 1 aliphatic heterocycles. The van der Waals surface area contributed by atoms with Crippen LogP contribution in [0.3, 0.4) is 0 Å². The minimum absolute atomic E-state index is 0.262. The lowest BCUT2D eigenvalue weighted by Gasteiger charge is -2.18. The highest BCUT2D eigenvalue weighted by Crippen LogP contribution is 2.30. The summed E-state index contributed by atoms with van der Waals surface area (Å²) in [5, 5.41) is 12.1. The van der Waals surface area contributed by atoms with E-state index in [0.29, 0.717) is 11.8 Å². The summed E-state index contributed by atoms with van der Waals surface area (Å²) in [4.78, 5) is 4.87. The van der Waals surface area contributed by atoms with Crippen LogP contribution in [0.1, 0.15) is 71.9 Å². The Labute approximate surface area is 250 Å². The van der Waals surface area contributed by atoms with E-state index in [1.165, 1.54) is 27.8 Å². The molecule has 1 saturated heterocycles. The molecule has 3 aromatic carbocycles. The van der Waals surface area contributed by atoms with Crippen LogP contribution >= 0.6 is 0 Å². The summed E-state index contributed by atoms with van der Waals surface area (Å²) in [6.07, 6.45) is 8.19. The number of aryl methyl sites for hydroxylation is 5. The van der Waals surface area contributed by atoms with E-state index in [1.807, 2.05) is 18.3 Å². The van der Waals surface area contributed by atoms with Crippen molar-refractivity contribution in [2.24, 2.45) is 10.9 Å². The normalized spacial score (nSPS) is 16.2. The Morgan fingerprint density at radius 1 is 1.00 bits per heavy atom. The monoisotopic (exact) mass is 564 g/mol. The van der Waals surface area contributed by atoms with E-state index in [1.54, 1.807) is 7.11 Å². The molecule has 2 heterocycles. The summed E-state index contributed by atoms with van der Waals surface area (Å²) < 4.78 is 11.9. The third kappa shape index (κ3) is 7.35. The quantitative estimate of drug-likeness (QED) is 0.189. The molecule has 0 aliphatic carbocycles. The fourth-order valence-corrected chi connectivity index (χ4v) is 5.80. The third-order valence-electron chi connectivity index (χ3n) is 8.39. The maximum Gasteiger partial charge on any atom is 0.247 e. The number of rotatable bonds is 11. The Morgan fingerprint density at radius 3 is 2.60 bits per heavy atom. The molecule has 0 radical (unpaired) electrons. The van der Waals surface area contributed by atoms with E-state index in [9.17, 15) is 0 Å². The minimum Gasteiger partial charge on any atom is -0.496 e. The number of ether oxygens (including phenoxy) is 1. The first kappa shape index (κ1) is 29.7. The number of nitrogens with one attached hydrogen (secondary N) is 1. The van der Waals surface area contributed by atoms with E-state index in [0.717, 1.165) is 80.1 Å². The first-order valence-corrected chi connectivity index (χ1v) is 15.4. The molecule has 5 rings (SSSR count). The summed E-state index contributed by atoms with van der Waals surface area (Å²) >= 11 is 0. The molecule has 1 fully saturated rings. The summed E-state index contributed by atoms with van der Waals surface area (Å²) in [7, 11) is 1.77. The van der Waals surface area contributed by atoms with E-state index in [-0.39, 0.29) is 5.92 Å². The van der Waals surface area contributed by atoms with Crippen LogP contribution in [0.15, 0.2) is 64.0 Å². The fourth-order valence-electron chi connectivity index (χ4n) is 5.80. The van der Waals surface area contributed by atoms with Crippen molar-refractivity contribution in [1.29, 1.82) is 0 Å². The van der Waals surface area contributed by atoms with Crippen molar-refractivity contribution in [3.63, 3.8) is 0 Å². The van der Waals surface area contributed by atoms with Gasteiger partial charge in [0, 0.05) is 24.2 Å². The van der Waals surface area contributed by atoms with Gasteiger partial charge in [-0.15, -0.1) is 10.2 Å². The van der Waals surface area contributed by atoms with Gasteiger partial charge in [-0.05, 0) is 116 Å². The topological polar surface area (TPSA) is 72.5 Å². The van der Waals surface area contributed by atoms with Gasteiger partial charge in [0.1, 0.15) is 5.75 Å². The number of hydrogen-bond donors (Lipinski definition) is 1. The van der Waals surface area contributed by atoms with Crippen LogP contribution < -0.4 is 10.1 Å². The lowest BCUT2D eigenvalue weighted by atomic mass is 9.96. The van der Waals surface area contributed by atoms with Gasteiger partial charge in [0.2, 0.25) is 11.8 Å². The van der Waals surface area contributed by atoms with Gasteiger partial charge in [-0.1, -0.05) is 50.2 Å². The van der Waals surface area contributed by atoms with Gasteiger partial charge in [-0.3, -0.25) is 4.99 Å². The summed E-state index contributed by atoms with van der Waals surface area (Å²) in [5.74, 6) is 2.79. The number of methoxy groups -OCH3 is 1. The summed E-state index contributed by atoms with van der Waals surface area (Å²) in [6.45, 7) is 10.7. The third-order valence-corrected chi connectivity index (χ3v) is 8.39. The smallest absolute Gasteiger partial charge is 0.247 e. The molecule has 4 aromatic rings. The van der Waals surface area contributed by atoms with Crippen LogP contribution in [0.5, 0.6) is 5.75 Å². The summed E-state index contributed by atoms with van der Waals surface area (Å²) in [6, 6.07) is 19.6. The molecular weight excluding hydrogens is 520 g/mol. The van der Waals surface area contributed by atoms with Crippen LogP contribution in [0.2, 0.25) is 0 Å². The van der Waals surface area contributed by atoms with Gasteiger partial charge in [-0.25, -0.2) is 0 Å². The van der Waals surface area contributed by atoms with E-state index in [2.05, 4.69) is 85.7 Å². The second-order valence-corrected chi connectivity index (χ2v) is 11.7. The lowest BCUT2D eigenvalue weighted by Crippen LogP contribution is -2.28. The van der Waals surface area contributed by atoms with Gasteiger partial charge >= 0.3 is 0 Å². The Balaban J connectivity index is 1.21. The van der Waals surface area contributed by atoms with E-state index >= 15 is 0 Å². The zero-order valence-electron chi connectivity index (χ0n) is 25.7. The zero-order valence-corrected chi connectivity index (χ0v) is 25.7. The van der Waals surface area contributed by atoms with Crippen molar-refractivity contribution in [3.05, 3.63) is 93.9 Å². The molecule has 6 nitrogen and oxygen atoms in total. The highest BCUT2D eigenvalue weighted by atomic mass is 16.5. The van der Waals surface area contributed by atoms with Crippen LogP contribution in [0.25, 0.3) is 11.5 Å². The highest BCUT2D eigenvalue weighted by molar-refractivity contribution is 5.70. The number of aromatic nitrogens is 2. The largest absolute Gasteiger partial charge is 0.496 e. The van der Waals surface area contributed by atoms with Gasteiger partial charge in [0.25, 0.3) is 0 Å². The molecule has 42 heavy (non-hydrogen) atoms. The number of benzene rings is 3. The van der Waals surface area contributed by atoms with E-state index in [4.69, 9.17) is 14.1 Å². The summed E-state index contributed by atoms with van der Waals surface area (Å²) in [5.41, 5.74) is 9.62. The van der Waals surface area contributed by atoms with Crippen molar-refractivity contribution in [2.75, 3.05) is 20.2 Å². The molecule has 0 spiro atoms. The Bertz CT molecular complexity index is 1520. The van der Waals surface area contributed by atoms with Crippen molar-refractivity contribution in [1.82, 2.24) is 15.5 Å². The maximum absolute atomic E-state index is 6.07. The minimum atomic E-state index is 0.262. The first-order valence-electron chi connectivity index (χ1n) is 15.4. The van der Waals surface area contributed by atoms with Crippen LogP contribution in [0.4, 0.5) is 5.69 Å². The number of aliphatic imine (C=N–C) groups is 1. The van der Waals surface area contributed by atoms with Crippen LogP contribution in [-0.2, 0) is 25.7 Å². The Morgan fingerprint density at radius 2 is 1.83 bits per heavy atom. The molecular formula is C36H44N4O2. The SMILES string of the molecule is CCc1ccc(CCc2ccc(CC(C)/C=N\c3cc(-c4nnc(C5CCCNC5)o4)ccc3C)cc2OC)cc1C. The molecule has 0 saturated carbocycles. The number of nitrogens with zero attached hydrogens (tertiary/aromatic N) is 3.